The third-order valence-corrected chi connectivity index (χ3v) is 3.41. The highest BCUT2D eigenvalue weighted by atomic mass is 35.5. The molecular weight excluding hydrogens is 254 g/mol. The second-order valence-electron chi connectivity index (χ2n) is 3.51. The highest BCUT2D eigenvalue weighted by Gasteiger charge is 2.05. The van der Waals surface area contributed by atoms with Gasteiger partial charge in [0.1, 0.15) is 5.75 Å². The highest BCUT2D eigenvalue weighted by molar-refractivity contribution is 7.20. The van der Waals surface area contributed by atoms with Crippen LogP contribution in [-0.4, -0.2) is 4.98 Å². The maximum absolute atomic E-state index is 5.93. The molecule has 0 spiro atoms. The van der Waals surface area contributed by atoms with Crippen LogP contribution in [0.3, 0.4) is 0 Å². The Balaban J connectivity index is 1.96. The summed E-state index contributed by atoms with van der Waals surface area (Å²) in [4.78, 5) is 4.39. The number of fused-ring (bicyclic) bond motifs is 1. The Morgan fingerprint density at radius 3 is 2.71 bits per heavy atom. The number of benzene rings is 2. The number of hydrogen-bond donors (Lipinski definition) is 0. The second-order valence-corrected chi connectivity index (χ2v) is 4.94. The van der Waals surface area contributed by atoms with Crippen molar-refractivity contribution in [3.05, 3.63) is 53.6 Å². The van der Waals surface area contributed by atoms with E-state index >= 15 is 0 Å². The Hall–Kier alpha value is -1.58. The largest absolute Gasteiger partial charge is 0.431 e. The first-order chi connectivity index (χ1) is 8.31. The Morgan fingerprint density at radius 1 is 1.06 bits per heavy atom. The first-order valence-corrected chi connectivity index (χ1v) is 6.30. The lowest BCUT2D eigenvalue weighted by atomic mass is 10.3. The number of hydrogen-bond acceptors (Lipinski definition) is 3. The number of thiazole rings is 1. The van der Waals surface area contributed by atoms with E-state index in [4.69, 9.17) is 16.3 Å². The molecule has 0 aliphatic carbocycles. The van der Waals surface area contributed by atoms with E-state index in [1.54, 1.807) is 0 Å². The summed E-state index contributed by atoms with van der Waals surface area (Å²) in [7, 11) is 0. The zero-order valence-electron chi connectivity index (χ0n) is 8.76. The minimum absolute atomic E-state index is 0.633. The lowest BCUT2D eigenvalue weighted by Crippen LogP contribution is -1.81. The van der Waals surface area contributed by atoms with E-state index < -0.39 is 0 Å². The van der Waals surface area contributed by atoms with Gasteiger partial charge in [-0.05, 0) is 30.3 Å². The van der Waals surface area contributed by atoms with Crippen LogP contribution >= 0.6 is 22.9 Å². The first kappa shape index (κ1) is 10.6. The Kier molecular flexibility index (Phi) is 2.71. The standard InChI is InChI=1S/C13H8ClNOS/c14-9-6-7-11-12(8-9)17-13(15-11)16-10-4-2-1-3-5-10/h1-8H. The predicted octanol–water partition coefficient (Wildman–Crippen LogP) is 4.74. The van der Waals surface area contributed by atoms with Crippen molar-refractivity contribution in [2.24, 2.45) is 0 Å². The number of halogens is 1. The molecule has 0 aliphatic rings. The monoisotopic (exact) mass is 261 g/mol. The molecule has 3 aromatic rings. The van der Waals surface area contributed by atoms with Crippen LogP contribution in [0.2, 0.25) is 5.02 Å². The fraction of sp³-hybridized carbons (Fsp3) is 0. The van der Waals surface area contributed by atoms with Gasteiger partial charge in [0.2, 0.25) is 0 Å². The van der Waals surface area contributed by atoms with Gasteiger partial charge in [-0.1, -0.05) is 41.1 Å². The Bertz CT molecular complexity index is 651. The summed E-state index contributed by atoms with van der Waals surface area (Å²) in [6.45, 7) is 0. The summed E-state index contributed by atoms with van der Waals surface area (Å²) in [5, 5.41) is 1.35. The molecule has 17 heavy (non-hydrogen) atoms. The molecule has 0 unspecified atom stereocenters. The number of rotatable bonds is 2. The van der Waals surface area contributed by atoms with E-state index in [2.05, 4.69) is 4.98 Å². The van der Waals surface area contributed by atoms with E-state index in [1.807, 2.05) is 48.5 Å². The van der Waals surface area contributed by atoms with Crippen molar-refractivity contribution in [2.45, 2.75) is 0 Å². The number of nitrogens with zero attached hydrogens (tertiary/aromatic N) is 1. The molecule has 0 fully saturated rings. The SMILES string of the molecule is Clc1ccc2nc(Oc3ccccc3)sc2c1. The molecule has 2 nitrogen and oxygen atoms in total. The van der Waals surface area contributed by atoms with Crippen LogP contribution in [0.4, 0.5) is 0 Å². The smallest absolute Gasteiger partial charge is 0.279 e. The molecule has 0 atom stereocenters. The minimum atomic E-state index is 0.633. The van der Waals surface area contributed by atoms with Crippen molar-refractivity contribution in [3.63, 3.8) is 0 Å². The maximum Gasteiger partial charge on any atom is 0.279 e. The van der Waals surface area contributed by atoms with Crippen LogP contribution in [0.1, 0.15) is 0 Å². The van der Waals surface area contributed by atoms with Gasteiger partial charge in [0.25, 0.3) is 5.19 Å². The second kappa shape index (κ2) is 4.35. The van der Waals surface area contributed by atoms with Gasteiger partial charge < -0.3 is 4.74 Å². The lowest BCUT2D eigenvalue weighted by molar-refractivity contribution is 0.480. The van der Waals surface area contributed by atoms with Gasteiger partial charge in [-0.2, -0.15) is 0 Å². The summed E-state index contributed by atoms with van der Waals surface area (Å²) >= 11 is 7.41. The van der Waals surface area contributed by atoms with Crippen LogP contribution < -0.4 is 4.74 Å². The maximum atomic E-state index is 5.93. The first-order valence-electron chi connectivity index (χ1n) is 5.10. The third-order valence-electron chi connectivity index (χ3n) is 2.28. The molecule has 0 N–H and O–H groups in total. The van der Waals surface area contributed by atoms with Gasteiger partial charge in [-0.3, -0.25) is 0 Å². The molecule has 0 aliphatic heterocycles. The minimum Gasteiger partial charge on any atom is -0.431 e. The van der Waals surface area contributed by atoms with Crippen LogP contribution in [0, 0.1) is 0 Å². The summed E-state index contributed by atoms with van der Waals surface area (Å²) in [5.74, 6) is 0.789. The predicted molar refractivity (Wildman–Crippen MR) is 71.1 cm³/mol. The number of ether oxygens (including phenoxy) is 1. The Labute approximate surface area is 107 Å². The molecular formula is C13H8ClNOS. The highest BCUT2D eigenvalue weighted by Crippen LogP contribution is 2.32. The van der Waals surface area contributed by atoms with Crippen LogP contribution in [0.15, 0.2) is 48.5 Å². The zero-order chi connectivity index (χ0) is 11.7. The quantitative estimate of drug-likeness (QED) is 0.665. The van der Waals surface area contributed by atoms with Gasteiger partial charge in [0, 0.05) is 5.02 Å². The molecule has 1 heterocycles. The molecule has 2 aromatic carbocycles. The molecule has 0 saturated heterocycles. The van der Waals surface area contributed by atoms with E-state index in [9.17, 15) is 0 Å². The van der Waals surface area contributed by atoms with Crippen molar-refractivity contribution in [2.75, 3.05) is 0 Å². The van der Waals surface area contributed by atoms with Crippen molar-refractivity contribution < 1.29 is 4.74 Å². The zero-order valence-corrected chi connectivity index (χ0v) is 10.3. The summed E-state index contributed by atoms with van der Waals surface area (Å²) in [6, 6.07) is 15.2. The Morgan fingerprint density at radius 2 is 1.88 bits per heavy atom. The summed E-state index contributed by atoms with van der Waals surface area (Å²) in [6.07, 6.45) is 0. The molecule has 84 valence electrons. The van der Waals surface area contributed by atoms with Gasteiger partial charge in [0.15, 0.2) is 0 Å². The topological polar surface area (TPSA) is 22.1 Å². The van der Waals surface area contributed by atoms with E-state index in [1.165, 1.54) is 11.3 Å². The lowest BCUT2D eigenvalue weighted by Gasteiger charge is -1.98. The third kappa shape index (κ3) is 2.25. The molecule has 3 rings (SSSR count). The van der Waals surface area contributed by atoms with Crippen molar-refractivity contribution in [3.8, 4) is 10.9 Å². The molecule has 0 radical (unpaired) electrons. The van der Waals surface area contributed by atoms with Crippen LogP contribution in [0.25, 0.3) is 10.2 Å². The molecule has 4 heteroatoms. The van der Waals surface area contributed by atoms with Gasteiger partial charge >= 0.3 is 0 Å². The summed E-state index contributed by atoms with van der Waals surface area (Å²) < 4.78 is 6.70. The van der Waals surface area contributed by atoms with Crippen LogP contribution in [-0.2, 0) is 0 Å². The van der Waals surface area contributed by atoms with Gasteiger partial charge in [0.05, 0.1) is 10.2 Å². The normalized spacial score (nSPS) is 10.6. The number of aromatic nitrogens is 1. The van der Waals surface area contributed by atoms with Crippen molar-refractivity contribution in [1.82, 2.24) is 4.98 Å². The molecule has 0 bridgehead atoms. The number of para-hydroxylation sites is 1. The average molecular weight is 262 g/mol. The van der Waals surface area contributed by atoms with Gasteiger partial charge in [-0.15, -0.1) is 0 Å². The summed E-state index contributed by atoms with van der Waals surface area (Å²) in [5.41, 5.74) is 0.908. The van der Waals surface area contributed by atoms with Gasteiger partial charge in [-0.25, -0.2) is 4.98 Å². The molecule has 0 amide bonds. The fourth-order valence-electron chi connectivity index (χ4n) is 1.51. The van der Waals surface area contributed by atoms with Crippen molar-refractivity contribution in [1.29, 1.82) is 0 Å². The van der Waals surface area contributed by atoms with E-state index in [0.29, 0.717) is 10.2 Å². The van der Waals surface area contributed by atoms with Crippen LogP contribution in [0.5, 0.6) is 10.9 Å². The molecule has 1 aromatic heterocycles. The molecule has 0 saturated carbocycles. The average Bonchev–Trinajstić information content (AvgIpc) is 2.71. The van der Waals surface area contributed by atoms with E-state index in [-0.39, 0.29) is 0 Å². The van der Waals surface area contributed by atoms with Crippen molar-refractivity contribution >= 4 is 33.2 Å². The van der Waals surface area contributed by atoms with E-state index in [0.717, 1.165) is 16.0 Å². The fourth-order valence-corrected chi connectivity index (χ4v) is 2.62.